The lowest BCUT2D eigenvalue weighted by Crippen LogP contribution is -2.38. The number of para-hydroxylation sites is 1. The van der Waals surface area contributed by atoms with Gasteiger partial charge in [0.2, 0.25) is 0 Å². The predicted molar refractivity (Wildman–Crippen MR) is 83.3 cm³/mol. The van der Waals surface area contributed by atoms with Gasteiger partial charge in [0.25, 0.3) is 0 Å². The maximum Gasteiger partial charge on any atom is 0.314 e. The van der Waals surface area contributed by atoms with Gasteiger partial charge in [-0.2, -0.15) is 0 Å². The number of hydrogen-bond acceptors (Lipinski definition) is 2. The van der Waals surface area contributed by atoms with Gasteiger partial charge in [0.05, 0.1) is 0 Å². The Hall–Kier alpha value is -1.71. The SMILES string of the molecule is CCCNC(=O)NCCCN1c2ccccc2C[C@@H]1C. The van der Waals surface area contributed by atoms with Crippen molar-refractivity contribution in [3.05, 3.63) is 29.8 Å². The molecule has 4 heteroatoms. The Kier molecular flexibility index (Phi) is 5.27. The Morgan fingerprint density at radius 3 is 2.85 bits per heavy atom. The molecule has 2 N–H and O–H groups in total. The van der Waals surface area contributed by atoms with E-state index in [1.54, 1.807) is 0 Å². The average Bonchev–Trinajstić information content (AvgIpc) is 2.77. The van der Waals surface area contributed by atoms with Gasteiger partial charge in [0.1, 0.15) is 0 Å². The second kappa shape index (κ2) is 7.17. The first kappa shape index (κ1) is 14.7. The molecule has 4 nitrogen and oxygen atoms in total. The van der Waals surface area contributed by atoms with E-state index in [4.69, 9.17) is 0 Å². The number of benzene rings is 1. The number of fused-ring (bicyclic) bond motifs is 1. The molecule has 0 saturated carbocycles. The van der Waals surface area contributed by atoms with Crippen LogP contribution in [0.15, 0.2) is 24.3 Å². The van der Waals surface area contributed by atoms with Gasteiger partial charge in [-0.15, -0.1) is 0 Å². The maximum absolute atomic E-state index is 11.4. The van der Waals surface area contributed by atoms with Crippen LogP contribution in [0.25, 0.3) is 0 Å². The Bertz CT molecular complexity index is 447. The minimum Gasteiger partial charge on any atom is -0.368 e. The molecule has 110 valence electrons. The Balaban J connectivity index is 1.73. The topological polar surface area (TPSA) is 44.4 Å². The third-order valence-electron chi connectivity index (χ3n) is 3.75. The van der Waals surface area contributed by atoms with Crippen molar-refractivity contribution in [3.8, 4) is 0 Å². The molecule has 0 radical (unpaired) electrons. The Morgan fingerprint density at radius 1 is 1.30 bits per heavy atom. The van der Waals surface area contributed by atoms with Crippen LogP contribution in [0.2, 0.25) is 0 Å². The van der Waals surface area contributed by atoms with Gasteiger partial charge in [0.15, 0.2) is 0 Å². The molecule has 1 heterocycles. The normalized spacial score (nSPS) is 16.9. The number of amides is 2. The molecule has 0 spiro atoms. The summed E-state index contributed by atoms with van der Waals surface area (Å²) in [6, 6.07) is 9.11. The molecule has 1 atom stereocenters. The zero-order valence-corrected chi connectivity index (χ0v) is 12.5. The number of rotatable bonds is 6. The summed E-state index contributed by atoms with van der Waals surface area (Å²) in [5, 5.41) is 5.73. The highest BCUT2D eigenvalue weighted by Crippen LogP contribution is 2.31. The van der Waals surface area contributed by atoms with E-state index in [2.05, 4.69) is 46.7 Å². The Morgan fingerprint density at radius 2 is 2.05 bits per heavy atom. The molecule has 0 aromatic heterocycles. The van der Waals surface area contributed by atoms with Gasteiger partial charge in [-0.3, -0.25) is 0 Å². The fourth-order valence-corrected chi connectivity index (χ4v) is 2.72. The third-order valence-corrected chi connectivity index (χ3v) is 3.75. The molecule has 0 bridgehead atoms. The van der Waals surface area contributed by atoms with Gasteiger partial charge in [-0.25, -0.2) is 4.79 Å². The monoisotopic (exact) mass is 275 g/mol. The van der Waals surface area contributed by atoms with E-state index in [1.165, 1.54) is 11.3 Å². The summed E-state index contributed by atoms with van der Waals surface area (Å²) in [5.41, 5.74) is 2.80. The van der Waals surface area contributed by atoms with Gasteiger partial charge in [0, 0.05) is 31.4 Å². The lowest BCUT2D eigenvalue weighted by Gasteiger charge is -2.24. The molecular formula is C16H25N3O. The van der Waals surface area contributed by atoms with Crippen molar-refractivity contribution in [2.45, 2.75) is 39.2 Å². The van der Waals surface area contributed by atoms with E-state index < -0.39 is 0 Å². The number of urea groups is 1. The number of anilines is 1. The van der Waals surface area contributed by atoms with Gasteiger partial charge in [-0.1, -0.05) is 25.1 Å². The van der Waals surface area contributed by atoms with Crippen LogP contribution < -0.4 is 15.5 Å². The molecule has 0 unspecified atom stereocenters. The largest absolute Gasteiger partial charge is 0.368 e. The first-order chi connectivity index (χ1) is 9.72. The summed E-state index contributed by atoms with van der Waals surface area (Å²) >= 11 is 0. The highest BCUT2D eigenvalue weighted by molar-refractivity contribution is 5.73. The second-order valence-electron chi connectivity index (χ2n) is 5.41. The number of hydrogen-bond donors (Lipinski definition) is 2. The van der Waals surface area contributed by atoms with Crippen LogP contribution in [0.5, 0.6) is 0 Å². The van der Waals surface area contributed by atoms with Crippen molar-refractivity contribution >= 4 is 11.7 Å². The van der Waals surface area contributed by atoms with Crippen LogP contribution >= 0.6 is 0 Å². The predicted octanol–water partition coefficient (Wildman–Crippen LogP) is 2.54. The van der Waals surface area contributed by atoms with Crippen molar-refractivity contribution in [2.75, 3.05) is 24.5 Å². The van der Waals surface area contributed by atoms with Crippen molar-refractivity contribution in [3.63, 3.8) is 0 Å². The third kappa shape index (κ3) is 3.65. The molecule has 1 aromatic carbocycles. The highest BCUT2D eigenvalue weighted by Gasteiger charge is 2.24. The first-order valence-corrected chi connectivity index (χ1v) is 7.58. The maximum atomic E-state index is 11.4. The van der Waals surface area contributed by atoms with Crippen LogP contribution in [0.4, 0.5) is 10.5 Å². The van der Waals surface area contributed by atoms with Crippen LogP contribution in [-0.4, -0.2) is 31.7 Å². The fourth-order valence-electron chi connectivity index (χ4n) is 2.72. The molecule has 1 aliphatic heterocycles. The minimum atomic E-state index is -0.0540. The summed E-state index contributed by atoms with van der Waals surface area (Å²) in [6.07, 6.45) is 3.06. The molecule has 20 heavy (non-hydrogen) atoms. The lowest BCUT2D eigenvalue weighted by molar-refractivity contribution is 0.241. The van der Waals surface area contributed by atoms with Crippen molar-refractivity contribution in [1.82, 2.24) is 10.6 Å². The first-order valence-electron chi connectivity index (χ1n) is 7.58. The fraction of sp³-hybridized carbons (Fsp3) is 0.562. The standard InChI is InChI=1S/C16H25N3O/c1-3-9-17-16(20)18-10-6-11-19-13(2)12-14-7-4-5-8-15(14)19/h4-5,7-8,13H,3,6,9-12H2,1-2H3,(H2,17,18,20)/t13-/m0/s1. The summed E-state index contributed by atoms with van der Waals surface area (Å²) in [6.45, 7) is 6.77. The van der Waals surface area contributed by atoms with Gasteiger partial charge in [-0.05, 0) is 37.8 Å². The minimum absolute atomic E-state index is 0.0540. The number of nitrogens with zero attached hydrogens (tertiary/aromatic N) is 1. The second-order valence-corrected chi connectivity index (χ2v) is 5.41. The molecule has 2 amide bonds. The van der Waals surface area contributed by atoms with Gasteiger partial charge < -0.3 is 15.5 Å². The molecule has 0 fully saturated rings. The number of carbonyl (C=O) groups is 1. The molecular weight excluding hydrogens is 250 g/mol. The quantitative estimate of drug-likeness (QED) is 0.784. The van der Waals surface area contributed by atoms with Crippen LogP contribution in [0.1, 0.15) is 32.3 Å². The highest BCUT2D eigenvalue weighted by atomic mass is 16.2. The average molecular weight is 275 g/mol. The van der Waals surface area contributed by atoms with E-state index in [-0.39, 0.29) is 6.03 Å². The van der Waals surface area contributed by atoms with Crippen molar-refractivity contribution in [2.24, 2.45) is 0 Å². The lowest BCUT2D eigenvalue weighted by atomic mass is 10.1. The van der Waals surface area contributed by atoms with Crippen molar-refractivity contribution in [1.29, 1.82) is 0 Å². The van der Waals surface area contributed by atoms with E-state index in [0.29, 0.717) is 6.04 Å². The zero-order chi connectivity index (χ0) is 14.4. The van der Waals surface area contributed by atoms with E-state index >= 15 is 0 Å². The van der Waals surface area contributed by atoms with Crippen LogP contribution in [0.3, 0.4) is 0 Å². The molecule has 1 aliphatic rings. The summed E-state index contributed by atoms with van der Waals surface area (Å²) < 4.78 is 0. The van der Waals surface area contributed by atoms with Gasteiger partial charge >= 0.3 is 6.03 Å². The molecule has 0 saturated heterocycles. The van der Waals surface area contributed by atoms with Crippen molar-refractivity contribution < 1.29 is 4.79 Å². The van der Waals surface area contributed by atoms with Crippen LogP contribution in [-0.2, 0) is 6.42 Å². The smallest absolute Gasteiger partial charge is 0.314 e. The zero-order valence-electron chi connectivity index (χ0n) is 12.5. The van der Waals surface area contributed by atoms with E-state index in [0.717, 1.165) is 38.9 Å². The molecule has 1 aromatic rings. The summed E-state index contributed by atoms with van der Waals surface area (Å²) in [4.78, 5) is 13.9. The molecule has 0 aliphatic carbocycles. The number of carbonyl (C=O) groups excluding carboxylic acids is 1. The summed E-state index contributed by atoms with van der Waals surface area (Å²) in [7, 11) is 0. The summed E-state index contributed by atoms with van der Waals surface area (Å²) in [5.74, 6) is 0. The van der Waals surface area contributed by atoms with E-state index in [1.807, 2.05) is 6.92 Å². The van der Waals surface area contributed by atoms with E-state index in [9.17, 15) is 4.79 Å². The van der Waals surface area contributed by atoms with Crippen LogP contribution in [0, 0.1) is 0 Å². The Labute approximate surface area is 121 Å². The molecule has 2 rings (SSSR count). The number of nitrogens with one attached hydrogen (secondary N) is 2.